The maximum absolute atomic E-state index is 12.4. The molecule has 1 aromatic heterocycles. The van der Waals surface area contributed by atoms with E-state index >= 15 is 0 Å². The van der Waals surface area contributed by atoms with Gasteiger partial charge in [0.15, 0.2) is 0 Å². The molecule has 1 saturated carbocycles. The normalized spacial score (nSPS) is 21.6. The number of pyridine rings is 1. The molecule has 4 nitrogen and oxygen atoms in total. The minimum Gasteiger partial charge on any atom is -0.324 e. The zero-order chi connectivity index (χ0) is 20.2. The molecule has 1 saturated heterocycles. The third-order valence-corrected chi connectivity index (χ3v) is 6.01. The van der Waals surface area contributed by atoms with Gasteiger partial charge in [-0.05, 0) is 54.5 Å². The van der Waals surface area contributed by atoms with Crippen LogP contribution in [0.2, 0.25) is 0 Å². The molecule has 0 bridgehead atoms. The van der Waals surface area contributed by atoms with Gasteiger partial charge in [0.2, 0.25) is 0 Å². The van der Waals surface area contributed by atoms with E-state index in [1.165, 1.54) is 0 Å². The predicted octanol–water partition coefficient (Wildman–Crippen LogP) is 5.72. The molecule has 2 aromatic carbocycles. The van der Waals surface area contributed by atoms with Crippen LogP contribution in [-0.4, -0.2) is 29.0 Å². The lowest BCUT2D eigenvalue weighted by Gasteiger charge is -2.20. The van der Waals surface area contributed by atoms with E-state index in [2.05, 4.69) is 24.1 Å². The van der Waals surface area contributed by atoms with Gasteiger partial charge >= 0.3 is 6.03 Å². The molecule has 4 heteroatoms. The van der Waals surface area contributed by atoms with E-state index < -0.39 is 0 Å². The summed E-state index contributed by atoms with van der Waals surface area (Å²) in [5.74, 6) is 2.25. The van der Waals surface area contributed by atoms with Gasteiger partial charge < -0.3 is 10.2 Å². The summed E-state index contributed by atoms with van der Waals surface area (Å²) >= 11 is 0. The quantitative estimate of drug-likeness (QED) is 0.611. The Balaban J connectivity index is 0.000000317. The molecule has 29 heavy (non-hydrogen) atoms. The van der Waals surface area contributed by atoms with Crippen molar-refractivity contribution in [1.82, 2.24) is 9.88 Å². The molecule has 1 aliphatic heterocycles. The van der Waals surface area contributed by atoms with Crippen molar-refractivity contribution in [1.29, 1.82) is 0 Å². The smallest absolute Gasteiger partial charge is 0.321 e. The van der Waals surface area contributed by atoms with Gasteiger partial charge in [-0.15, -0.1) is 0 Å². The molecule has 2 unspecified atom stereocenters. The van der Waals surface area contributed by atoms with Crippen molar-refractivity contribution in [2.45, 2.75) is 13.8 Å². The molecule has 2 heterocycles. The van der Waals surface area contributed by atoms with E-state index in [1.807, 2.05) is 77.7 Å². The molecule has 5 rings (SSSR count). The van der Waals surface area contributed by atoms with Gasteiger partial charge in [0.1, 0.15) is 0 Å². The Morgan fingerprint density at radius 3 is 2.24 bits per heavy atom. The Morgan fingerprint density at radius 2 is 1.66 bits per heavy atom. The van der Waals surface area contributed by atoms with Crippen molar-refractivity contribution in [3.05, 3.63) is 84.6 Å². The molecular formula is C25H29N3O. The number of carbonyl (C=O) groups excluding carboxylic acids is 1. The first-order valence-electron chi connectivity index (χ1n) is 10.2. The fourth-order valence-electron chi connectivity index (χ4n) is 4.07. The molecular weight excluding hydrogens is 358 g/mol. The first-order chi connectivity index (χ1) is 14.1. The number of aryl methyl sites for hydroxylation is 1. The third-order valence-electron chi connectivity index (χ3n) is 6.01. The van der Waals surface area contributed by atoms with E-state index in [-0.39, 0.29) is 7.46 Å². The van der Waals surface area contributed by atoms with Gasteiger partial charge in [-0.25, -0.2) is 4.79 Å². The largest absolute Gasteiger partial charge is 0.324 e. The standard InChI is InChI=1S/C19H21N3O.C6H6.H2/c1-12-6-7-14(9-15(12)18-5-3-4-8-20-18)21-19(23)22-10-16-13(2)17(16)11-22;1-2-4-6-5-3-1;/h3-9,13,16-17H,10-11H2,1-2H3,(H,21,23);1-6H;1H. The number of fused-ring (bicyclic) bond motifs is 1. The maximum atomic E-state index is 12.4. The molecule has 2 amide bonds. The number of likely N-dealkylation sites (tertiary alicyclic amines) is 1. The highest BCUT2D eigenvalue weighted by atomic mass is 16.2. The van der Waals surface area contributed by atoms with Crippen LogP contribution in [0.5, 0.6) is 0 Å². The van der Waals surface area contributed by atoms with Crippen molar-refractivity contribution < 1.29 is 6.22 Å². The number of nitrogens with zero attached hydrogens (tertiary/aromatic N) is 2. The highest BCUT2D eigenvalue weighted by Gasteiger charge is 2.53. The molecule has 1 aliphatic carbocycles. The number of piperidine rings is 1. The summed E-state index contributed by atoms with van der Waals surface area (Å²) in [6, 6.07) is 23.9. The van der Waals surface area contributed by atoms with Gasteiger partial charge in [-0.3, -0.25) is 4.98 Å². The fraction of sp³-hybridized carbons (Fsp3) is 0.280. The lowest BCUT2D eigenvalue weighted by atomic mass is 10.0. The summed E-state index contributed by atoms with van der Waals surface area (Å²) in [7, 11) is 0. The van der Waals surface area contributed by atoms with E-state index in [0.717, 1.165) is 53.4 Å². The number of anilines is 1. The Hall–Kier alpha value is -3.14. The Morgan fingerprint density at radius 1 is 1.00 bits per heavy atom. The lowest BCUT2D eigenvalue weighted by molar-refractivity contribution is 0.215. The summed E-state index contributed by atoms with van der Waals surface area (Å²) in [6.45, 7) is 6.14. The number of hydrogen-bond acceptors (Lipinski definition) is 2. The average molecular weight is 388 g/mol. The summed E-state index contributed by atoms with van der Waals surface area (Å²) in [6.07, 6.45) is 1.79. The van der Waals surface area contributed by atoms with Crippen molar-refractivity contribution in [3.63, 3.8) is 0 Å². The molecule has 2 aliphatic rings. The molecule has 1 N–H and O–H groups in total. The molecule has 3 aromatic rings. The number of aromatic nitrogens is 1. The minimum atomic E-state index is 0. The van der Waals surface area contributed by atoms with E-state index in [1.54, 1.807) is 6.20 Å². The van der Waals surface area contributed by atoms with Crippen LogP contribution in [0.25, 0.3) is 11.3 Å². The van der Waals surface area contributed by atoms with E-state index in [4.69, 9.17) is 0 Å². The molecule has 2 fully saturated rings. The minimum absolute atomic E-state index is 0. The first kappa shape index (κ1) is 19.2. The second kappa shape index (κ2) is 8.48. The van der Waals surface area contributed by atoms with Crippen molar-refractivity contribution in [2.24, 2.45) is 17.8 Å². The monoisotopic (exact) mass is 387 g/mol. The zero-order valence-corrected chi connectivity index (χ0v) is 17.0. The van der Waals surface area contributed by atoms with E-state index in [0.29, 0.717) is 0 Å². The molecule has 150 valence electrons. The highest BCUT2D eigenvalue weighted by molar-refractivity contribution is 5.90. The van der Waals surface area contributed by atoms with Gasteiger partial charge in [0, 0.05) is 32.0 Å². The number of benzene rings is 2. The predicted molar refractivity (Wildman–Crippen MR) is 120 cm³/mol. The second-order valence-electron chi connectivity index (χ2n) is 7.92. The lowest BCUT2D eigenvalue weighted by Crippen LogP contribution is -2.35. The zero-order valence-electron chi connectivity index (χ0n) is 17.0. The fourth-order valence-corrected chi connectivity index (χ4v) is 4.07. The first-order valence-corrected chi connectivity index (χ1v) is 10.2. The van der Waals surface area contributed by atoms with Gasteiger partial charge in [0.25, 0.3) is 0 Å². The summed E-state index contributed by atoms with van der Waals surface area (Å²) in [4.78, 5) is 18.8. The topological polar surface area (TPSA) is 45.2 Å². The number of urea groups is 1. The van der Waals surface area contributed by atoms with Crippen LogP contribution < -0.4 is 5.32 Å². The maximum Gasteiger partial charge on any atom is 0.321 e. The van der Waals surface area contributed by atoms with Crippen LogP contribution in [0, 0.1) is 24.7 Å². The van der Waals surface area contributed by atoms with E-state index in [9.17, 15) is 4.79 Å². The van der Waals surface area contributed by atoms with Crippen LogP contribution in [0.3, 0.4) is 0 Å². The van der Waals surface area contributed by atoms with Crippen molar-refractivity contribution in [2.75, 3.05) is 18.4 Å². The summed E-state index contributed by atoms with van der Waals surface area (Å²) in [5, 5.41) is 3.04. The van der Waals surface area contributed by atoms with Gasteiger partial charge in [-0.2, -0.15) is 0 Å². The highest BCUT2D eigenvalue weighted by Crippen LogP contribution is 2.51. The van der Waals surface area contributed by atoms with Crippen LogP contribution in [0.1, 0.15) is 13.9 Å². The van der Waals surface area contributed by atoms with Crippen LogP contribution in [0.4, 0.5) is 10.5 Å². The number of nitrogens with one attached hydrogen (secondary N) is 1. The number of hydrogen-bond donors (Lipinski definition) is 1. The third kappa shape index (κ3) is 4.48. The van der Waals surface area contributed by atoms with Gasteiger partial charge in [-0.1, -0.05) is 55.5 Å². The second-order valence-corrected chi connectivity index (χ2v) is 7.92. The van der Waals surface area contributed by atoms with Crippen LogP contribution >= 0.6 is 0 Å². The molecule has 2 atom stereocenters. The number of carbonyl (C=O) groups is 1. The Labute approximate surface area is 174 Å². The van der Waals surface area contributed by atoms with Crippen LogP contribution in [0.15, 0.2) is 79.0 Å². The number of amides is 2. The summed E-state index contributed by atoms with van der Waals surface area (Å²) < 4.78 is 0. The number of rotatable bonds is 2. The van der Waals surface area contributed by atoms with Crippen molar-refractivity contribution >= 4 is 11.7 Å². The Kier molecular flexibility index (Phi) is 5.61. The van der Waals surface area contributed by atoms with Gasteiger partial charge in [0.05, 0.1) is 5.69 Å². The summed E-state index contributed by atoms with van der Waals surface area (Å²) in [5.41, 5.74) is 3.96. The molecule has 0 radical (unpaired) electrons. The average Bonchev–Trinajstić information content (AvgIpc) is 3.16. The Bertz CT molecular complexity index is 926. The van der Waals surface area contributed by atoms with Crippen LogP contribution in [-0.2, 0) is 0 Å². The SMILES string of the molecule is Cc1ccc(NC(=O)N2CC3C(C)C3C2)cc1-c1ccccn1.[HH].c1ccccc1. The molecule has 0 spiro atoms. The van der Waals surface area contributed by atoms with Crippen molar-refractivity contribution in [3.8, 4) is 11.3 Å².